The maximum absolute atomic E-state index is 12.0. The van der Waals surface area contributed by atoms with Gasteiger partial charge in [-0.25, -0.2) is 15.0 Å². The van der Waals surface area contributed by atoms with Crippen LogP contribution in [0.2, 0.25) is 0 Å². The van der Waals surface area contributed by atoms with Crippen molar-refractivity contribution in [1.29, 1.82) is 0 Å². The van der Waals surface area contributed by atoms with Crippen LogP contribution < -0.4 is 10.6 Å². The summed E-state index contributed by atoms with van der Waals surface area (Å²) in [5.41, 5.74) is 3.59. The van der Waals surface area contributed by atoms with Crippen molar-refractivity contribution >= 4 is 11.7 Å². The molecule has 0 unspecified atom stereocenters. The van der Waals surface area contributed by atoms with Gasteiger partial charge in [0.05, 0.1) is 0 Å². The number of hydrogen-bond donors (Lipinski definition) is 2. The van der Waals surface area contributed by atoms with Crippen LogP contribution in [0.25, 0.3) is 5.69 Å². The average molecular weight is 348 g/mol. The molecule has 0 fully saturated rings. The summed E-state index contributed by atoms with van der Waals surface area (Å²) in [5, 5.41) is 6.19. The Hall–Kier alpha value is -3.22. The molecule has 0 saturated heterocycles. The Morgan fingerprint density at radius 2 is 2.00 bits per heavy atom. The normalized spacial score (nSPS) is 13.2. The minimum absolute atomic E-state index is 0.125. The van der Waals surface area contributed by atoms with E-state index in [-0.39, 0.29) is 5.91 Å². The number of nitrogens with one attached hydrogen (secondary N) is 2. The number of amides is 1. The highest BCUT2D eigenvalue weighted by molar-refractivity contribution is 5.95. The zero-order valence-electron chi connectivity index (χ0n) is 14.8. The summed E-state index contributed by atoms with van der Waals surface area (Å²) in [7, 11) is 0. The highest BCUT2D eigenvalue weighted by Crippen LogP contribution is 2.21. The van der Waals surface area contributed by atoms with Gasteiger partial charge in [0.25, 0.3) is 5.91 Å². The fraction of sp³-hybridized carbons (Fsp3) is 0.263. The van der Waals surface area contributed by atoms with E-state index in [1.165, 1.54) is 0 Å². The summed E-state index contributed by atoms with van der Waals surface area (Å²) < 4.78 is 2.04. The van der Waals surface area contributed by atoms with Gasteiger partial charge in [0.1, 0.15) is 23.2 Å². The van der Waals surface area contributed by atoms with Crippen LogP contribution in [0.15, 0.2) is 36.7 Å². The lowest BCUT2D eigenvalue weighted by Gasteiger charge is -2.19. The van der Waals surface area contributed by atoms with Crippen molar-refractivity contribution < 1.29 is 4.79 Å². The van der Waals surface area contributed by atoms with Crippen molar-refractivity contribution in [2.45, 2.75) is 26.8 Å². The van der Waals surface area contributed by atoms with Gasteiger partial charge in [-0.15, -0.1) is 0 Å². The number of hydrogen-bond acceptors (Lipinski definition) is 5. The van der Waals surface area contributed by atoms with E-state index in [1.54, 1.807) is 13.1 Å². The summed E-state index contributed by atoms with van der Waals surface area (Å²) in [6, 6.07) is 8.30. The number of imidazole rings is 1. The molecule has 2 N–H and O–H groups in total. The third kappa shape index (κ3) is 3.03. The van der Waals surface area contributed by atoms with E-state index < -0.39 is 0 Å². The molecule has 7 nitrogen and oxygen atoms in total. The Morgan fingerprint density at radius 3 is 2.73 bits per heavy atom. The Kier molecular flexibility index (Phi) is 4.12. The maximum Gasteiger partial charge on any atom is 0.270 e. The third-order valence-electron chi connectivity index (χ3n) is 4.49. The molecule has 3 heterocycles. The molecule has 2 aromatic heterocycles. The quantitative estimate of drug-likeness (QED) is 0.755. The maximum atomic E-state index is 12.0. The first-order valence-electron chi connectivity index (χ1n) is 8.60. The van der Waals surface area contributed by atoms with E-state index in [1.807, 2.05) is 17.7 Å². The van der Waals surface area contributed by atoms with E-state index in [2.05, 4.69) is 49.9 Å². The Morgan fingerprint density at radius 1 is 1.19 bits per heavy atom. The summed E-state index contributed by atoms with van der Waals surface area (Å²) >= 11 is 0. The number of fused-ring (bicyclic) bond motifs is 1. The number of carbonyl (C=O) groups excluding carboxylic acids is 1. The molecular formula is C19H20N6O. The molecular weight excluding hydrogens is 328 g/mol. The minimum atomic E-state index is -0.125. The van der Waals surface area contributed by atoms with Crippen molar-refractivity contribution in [3.63, 3.8) is 0 Å². The van der Waals surface area contributed by atoms with Crippen LogP contribution in [0, 0.1) is 13.8 Å². The molecule has 132 valence electrons. The lowest BCUT2D eigenvalue weighted by molar-refractivity contribution is 0.0940. The van der Waals surface area contributed by atoms with E-state index >= 15 is 0 Å². The Bertz CT molecular complexity index is 961. The molecule has 26 heavy (non-hydrogen) atoms. The predicted molar refractivity (Wildman–Crippen MR) is 98.4 cm³/mol. The van der Waals surface area contributed by atoms with E-state index in [9.17, 15) is 4.79 Å². The van der Waals surface area contributed by atoms with Gasteiger partial charge in [-0.05, 0) is 38.0 Å². The second-order valence-corrected chi connectivity index (χ2v) is 6.32. The second-order valence-electron chi connectivity index (χ2n) is 6.32. The molecule has 1 aromatic carbocycles. The van der Waals surface area contributed by atoms with E-state index in [0.29, 0.717) is 24.6 Å². The van der Waals surface area contributed by atoms with Crippen molar-refractivity contribution in [3.8, 4) is 5.69 Å². The molecule has 7 heteroatoms. The smallest absolute Gasteiger partial charge is 0.270 e. The largest absolute Gasteiger partial charge is 0.366 e. The highest BCUT2D eigenvalue weighted by Gasteiger charge is 2.22. The first kappa shape index (κ1) is 16.3. The molecule has 0 spiro atoms. The molecule has 0 aliphatic carbocycles. The van der Waals surface area contributed by atoms with Gasteiger partial charge >= 0.3 is 0 Å². The Labute approximate surface area is 151 Å². The summed E-state index contributed by atoms with van der Waals surface area (Å²) in [5.74, 6) is 2.17. The second kappa shape index (κ2) is 6.59. The number of anilines is 1. The van der Waals surface area contributed by atoms with Crippen LogP contribution >= 0.6 is 0 Å². The molecule has 3 aromatic rings. The van der Waals surface area contributed by atoms with Crippen molar-refractivity contribution in [1.82, 2.24) is 24.8 Å². The zero-order chi connectivity index (χ0) is 18.1. The molecule has 0 radical (unpaired) electrons. The fourth-order valence-electron chi connectivity index (χ4n) is 3.16. The van der Waals surface area contributed by atoms with Crippen LogP contribution in [-0.4, -0.2) is 32.0 Å². The fourth-order valence-corrected chi connectivity index (χ4v) is 3.16. The van der Waals surface area contributed by atoms with Crippen LogP contribution in [0.3, 0.4) is 0 Å². The SMILES string of the molecule is Cc1nc(NCc2ccc(-n3ccnc3C)cc2)c2c(n1)C(=O)NCC2. The number of nitrogens with zero attached hydrogens (tertiary/aromatic N) is 4. The first-order chi connectivity index (χ1) is 12.6. The standard InChI is InChI=1S/C19H20N6O/c1-12-23-17-16(7-8-21-19(17)26)18(24-12)22-11-14-3-5-15(6-4-14)25-10-9-20-13(25)2/h3-6,9-10H,7-8,11H2,1-2H3,(H,21,26)(H,22,23,24). The van der Waals surface area contributed by atoms with Crippen LogP contribution in [-0.2, 0) is 13.0 Å². The lowest BCUT2D eigenvalue weighted by atomic mass is 10.1. The van der Waals surface area contributed by atoms with Crippen LogP contribution in [0.5, 0.6) is 0 Å². The molecule has 4 rings (SSSR count). The average Bonchev–Trinajstić information content (AvgIpc) is 3.07. The number of benzene rings is 1. The highest BCUT2D eigenvalue weighted by atomic mass is 16.1. The summed E-state index contributed by atoms with van der Waals surface area (Å²) in [4.78, 5) is 25.0. The molecule has 1 amide bonds. The molecule has 1 aliphatic heterocycles. The van der Waals surface area contributed by atoms with Crippen molar-refractivity contribution in [3.05, 3.63) is 65.1 Å². The molecule has 0 atom stereocenters. The lowest BCUT2D eigenvalue weighted by Crippen LogP contribution is -2.34. The number of carbonyl (C=O) groups is 1. The predicted octanol–water partition coefficient (Wildman–Crippen LogP) is 2.18. The number of rotatable bonds is 4. The van der Waals surface area contributed by atoms with Gasteiger partial charge in [0.15, 0.2) is 0 Å². The topological polar surface area (TPSA) is 84.7 Å². The molecule has 0 saturated carbocycles. The Balaban J connectivity index is 1.53. The first-order valence-corrected chi connectivity index (χ1v) is 8.60. The molecule has 0 bridgehead atoms. The molecule has 1 aliphatic rings. The summed E-state index contributed by atoms with van der Waals surface area (Å²) in [6.07, 6.45) is 4.48. The zero-order valence-corrected chi connectivity index (χ0v) is 14.8. The van der Waals surface area contributed by atoms with E-state index in [4.69, 9.17) is 0 Å². The number of aromatic nitrogens is 4. The monoisotopic (exact) mass is 348 g/mol. The van der Waals surface area contributed by atoms with Crippen molar-refractivity contribution in [2.75, 3.05) is 11.9 Å². The van der Waals surface area contributed by atoms with Gasteiger partial charge in [0.2, 0.25) is 0 Å². The van der Waals surface area contributed by atoms with Crippen LogP contribution in [0.1, 0.15) is 33.3 Å². The third-order valence-corrected chi connectivity index (χ3v) is 4.49. The van der Waals surface area contributed by atoms with Gasteiger partial charge in [-0.2, -0.15) is 0 Å². The van der Waals surface area contributed by atoms with Gasteiger partial charge in [-0.1, -0.05) is 12.1 Å². The van der Waals surface area contributed by atoms with Crippen LogP contribution in [0.4, 0.5) is 5.82 Å². The minimum Gasteiger partial charge on any atom is -0.366 e. The summed E-state index contributed by atoms with van der Waals surface area (Å²) in [6.45, 7) is 5.03. The van der Waals surface area contributed by atoms with Gasteiger partial charge < -0.3 is 15.2 Å². The van der Waals surface area contributed by atoms with E-state index in [0.717, 1.165) is 34.9 Å². The van der Waals surface area contributed by atoms with Crippen molar-refractivity contribution in [2.24, 2.45) is 0 Å². The van der Waals surface area contributed by atoms with Gasteiger partial charge in [0, 0.05) is 36.7 Å². The van der Waals surface area contributed by atoms with Gasteiger partial charge in [-0.3, -0.25) is 4.79 Å². The number of aryl methyl sites for hydroxylation is 2.